The number of aromatic amines is 1. The Hall–Kier alpha value is -4.79. The summed E-state index contributed by atoms with van der Waals surface area (Å²) in [5.41, 5.74) is 7.14. The SMILES string of the molecule is CCOc1cc(C=NNC(=O)c2[nH]c3c(CC)cccc3c2-c2ccccc2Cl)ccc1OC(=O)c1cc(Cl)ccc1OC. The topological polar surface area (TPSA) is 102 Å². The van der Waals surface area contributed by atoms with Gasteiger partial charge in [-0.25, -0.2) is 10.2 Å². The molecule has 0 bridgehead atoms. The fraction of sp³-hybridized carbons (Fsp3) is 0.147. The third kappa shape index (κ3) is 6.41. The molecule has 0 spiro atoms. The molecular weight excluding hydrogens is 601 g/mol. The normalized spacial score (nSPS) is 11.1. The van der Waals surface area contributed by atoms with E-state index in [9.17, 15) is 9.59 Å². The molecule has 0 aliphatic carbocycles. The van der Waals surface area contributed by atoms with Crippen LogP contribution in [0.3, 0.4) is 0 Å². The van der Waals surface area contributed by atoms with Crippen molar-refractivity contribution in [3.05, 3.63) is 111 Å². The molecule has 0 saturated heterocycles. The fourth-order valence-electron chi connectivity index (χ4n) is 4.86. The number of nitrogens with one attached hydrogen (secondary N) is 2. The second-order valence-corrected chi connectivity index (χ2v) is 10.5. The van der Waals surface area contributed by atoms with Gasteiger partial charge in [-0.3, -0.25) is 4.79 Å². The van der Waals surface area contributed by atoms with Gasteiger partial charge in [-0.1, -0.05) is 66.5 Å². The van der Waals surface area contributed by atoms with Gasteiger partial charge in [0.2, 0.25) is 0 Å². The lowest BCUT2D eigenvalue weighted by Gasteiger charge is -2.13. The number of amides is 1. The Morgan fingerprint density at radius 1 is 0.932 bits per heavy atom. The molecule has 4 aromatic carbocycles. The molecule has 0 saturated carbocycles. The summed E-state index contributed by atoms with van der Waals surface area (Å²) in [5.74, 6) is -0.233. The van der Waals surface area contributed by atoms with Crippen LogP contribution >= 0.6 is 23.2 Å². The first kappa shape index (κ1) is 30.7. The number of ether oxygens (including phenoxy) is 3. The van der Waals surface area contributed by atoms with Crippen LogP contribution in [0.2, 0.25) is 10.0 Å². The molecule has 224 valence electrons. The molecule has 0 unspecified atom stereocenters. The Balaban J connectivity index is 1.40. The first-order valence-corrected chi connectivity index (χ1v) is 14.6. The van der Waals surface area contributed by atoms with E-state index in [4.69, 9.17) is 37.4 Å². The molecule has 0 radical (unpaired) electrons. The summed E-state index contributed by atoms with van der Waals surface area (Å²) >= 11 is 12.6. The maximum atomic E-state index is 13.5. The van der Waals surface area contributed by atoms with Crippen LogP contribution in [-0.2, 0) is 6.42 Å². The second-order valence-electron chi connectivity index (χ2n) is 9.62. The zero-order valence-electron chi connectivity index (χ0n) is 24.2. The quantitative estimate of drug-likeness (QED) is 0.0703. The minimum absolute atomic E-state index is 0.176. The highest BCUT2D eigenvalue weighted by Crippen LogP contribution is 2.38. The number of aromatic nitrogens is 1. The molecule has 0 aliphatic heterocycles. The Labute approximate surface area is 264 Å². The van der Waals surface area contributed by atoms with Crippen LogP contribution < -0.4 is 19.6 Å². The molecule has 1 heterocycles. The van der Waals surface area contributed by atoms with Crippen molar-refractivity contribution in [3.8, 4) is 28.4 Å². The molecule has 0 aliphatic rings. The first-order valence-electron chi connectivity index (χ1n) is 13.9. The molecule has 0 atom stereocenters. The lowest BCUT2D eigenvalue weighted by atomic mass is 9.99. The van der Waals surface area contributed by atoms with Gasteiger partial charge in [0.25, 0.3) is 5.91 Å². The summed E-state index contributed by atoms with van der Waals surface area (Å²) in [6.45, 7) is 4.20. The number of halogens is 2. The van der Waals surface area contributed by atoms with Crippen molar-refractivity contribution in [2.24, 2.45) is 5.10 Å². The molecule has 1 aromatic heterocycles. The van der Waals surface area contributed by atoms with Crippen LogP contribution in [0.5, 0.6) is 17.2 Å². The Kier molecular flexibility index (Phi) is 9.53. The number of nitrogens with zero attached hydrogens (tertiary/aromatic N) is 1. The van der Waals surface area contributed by atoms with E-state index in [1.165, 1.54) is 19.4 Å². The van der Waals surface area contributed by atoms with E-state index in [2.05, 4.69) is 22.4 Å². The molecule has 5 aromatic rings. The minimum Gasteiger partial charge on any atom is -0.496 e. The predicted molar refractivity (Wildman–Crippen MR) is 174 cm³/mol. The van der Waals surface area contributed by atoms with Gasteiger partial charge in [0.15, 0.2) is 11.5 Å². The number of methoxy groups -OCH3 is 1. The van der Waals surface area contributed by atoms with Gasteiger partial charge < -0.3 is 19.2 Å². The number of rotatable bonds is 10. The second kappa shape index (κ2) is 13.7. The van der Waals surface area contributed by atoms with E-state index >= 15 is 0 Å². The van der Waals surface area contributed by atoms with Crippen molar-refractivity contribution in [2.75, 3.05) is 13.7 Å². The number of H-pyrrole nitrogens is 1. The summed E-state index contributed by atoms with van der Waals surface area (Å²) in [6.07, 6.45) is 2.26. The van der Waals surface area contributed by atoms with Crippen LogP contribution in [-0.4, -0.2) is 36.8 Å². The van der Waals surface area contributed by atoms with Crippen LogP contribution in [0.25, 0.3) is 22.0 Å². The largest absolute Gasteiger partial charge is 0.496 e. The highest BCUT2D eigenvalue weighted by atomic mass is 35.5. The fourth-order valence-corrected chi connectivity index (χ4v) is 5.26. The predicted octanol–water partition coefficient (Wildman–Crippen LogP) is 8.09. The van der Waals surface area contributed by atoms with Gasteiger partial charge in [-0.2, -0.15) is 5.10 Å². The van der Waals surface area contributed by atoms with Gasteiger partial charge >= 0.3 is 5.97 Å². The van der Waals surface area contributed by atoms with Crippen molar-refractivity contribution in [1.82, 2.24) is 10.4 Å². The summed E-state index contributed by atoms with van der Waals surface area (Å²) in [6, 6.07) is 23.0. The lowest BCUT2D eigenvalue weighted by Crippen LogP contribution is -2.19. The number of hydrogen-bond acceptors (Lipinski definition) is 6. The summed E-state index contributed by atoms with van der Waals surface area (Å²) in [7, 11) is 1.46. The molecule has 8 nitrogen and oxygen atoms in total. The van der Waals surface area contributed by atoms with Crippen molar-refractivity contribution in [1.29, 1.82) is 0 Å². The molecule has 44 heavy (non-hydrogen) atoms. The summed E-state index contributed by atoms with van der Waals surface area (Å²) < 4.78 is 16.6. The van der Waals surface area contributed by atoms with Gasteiger partial charge in [0.1, 0.15) is 17.0 Å². The number of benzene rings is 4. The van der Waals surface area contributed by atoms with Crippen molar-refractivity contribution < 1.29 is 23.8 Å². The highest BCUT2D eigenvalue weighted by Gasteiger charge is 2.22. The van der Waals surface area contributed by atoms with Crippen molar-refractivity contribution >= 4 is 52.2 Å². The lowest BCUT2D eigenvalue weighted by molar-refractivity contribution is 0.0724. The molecule has 2 N–H and O–H groups in total. The van der Waals surface area contributed by atoms with Gasteiger partial charge in [-0.15, -0.1) is 0 Å². The van der Waals surface area contributed by atoms with E-state index in [1.807, 2.05) is 43.3 Å². The summed E-state index contributed by atoms with van der Waals surface area (Å²) in [4.78, 5) is 29.7. The Morgan fingerprint density at radius 3 is 2.48 bits per heavy atom. The van der Waals surface area contributed by atoms with E-state index in [-0.39, 0.29) is 11.3 Å². The molecule has 10 heteroatoms. The number of hydrazone groups is 1. The van der Waals surface area contributed by atoms with Gasteiger partial charge in [-0.05, 0) is 66.9 Å². The first-order chi connectivity index (χ1) is 21.3. The number of para-hydroxylation sites is 1. The average Bonchev–Trinajstić information content (AvgIpc) is 3.42. The van der Waals surface area contributed by atoms with Gasteiger partial charge in [0, 0.05) is 32.1 Å². The van der Waals surface area contributed by atoms with Crippen LogP contribution in [0.1, 0.15) is 45.8 Å². The Morgan fingerprint density at radius 2 is 1.73 bits per heavy atom. The third-order valence-electron chi connectivity index (χ3n) is 6.90. The smallest absolute Gasteiger partial charge is 0.347 e. The van der Waals surface area contributed by atoms with Crippen LogP contribution in [0, 0.1) is 0 Å². The molecular formula is C34H29Cl2N3O5. The number of hydrogen-bond donors (Lipinski definition) is 2. The summed E-state index contributed by atoms with van der Waals surface area (Å²) in [5, 5.41) is 5.99. The molecule has 0 fully saturated rings. The maximum Gasteiger partial charge on any atom is 0.347 e. The van der Waals surface area contributed by atoms with Crippen molar-refractivity contribution in [3.63, 3.8) is 0 Å². The van der Waals surface area contributed by atoms with E-state index < -0.39 is 11.9 Å². The maximum absolute atomic E-state index is 13.5. The van der Waals surface area contributed by atoms with Gasteiger partial charge in [0.05, 0.1) is 19.9 Å². The standard InChI is InChI=1S/C34H29Cl2N3O5/c1-4-21-9-8-11-24-30(23-10-6-7-12-26(23)36)32(38-31(21)24)33(40)39-37-19-20-13-15-28(29(17-20)43-5-2)44-34(41)25-18-22(35)14-16-27(25)42-3/h6-19,38H,4-5H2,1-3H3,(H,39,40). The number of aryl methyl sites for hydroxylation is 1. The monoisotopic (exact) mass is 629 g/mol. The Bertz CT molecular complexity index is 1880. The number of esters is 1. The van der Waals surface area contributed by atoms with E-state index in [1.54, 1.807) is 36.4 Å². The highest BCUT2D eigenvalue weighted by molar-refractivity contribution is 6.34. The molecule has 1 amide bonds. The van der Waals surface area contributed by atoms with Crippen molar-refractivity contribution in [2.45, 2.75) is 20.3 Å². The average molecular weight is 631 g/mol. The minimum atomic E-state index is -0.655. The van der Waals surface area contributed by atoms with Crippen LogP contribution in [0.4, 0.5) is 0 Å². The third-order valence-corrected chi connectivity index (χ3v) is 7.47. The molecule has 5 rings (SSSR count). The number of fused-ring (bicyclic) bond motifs is 1. The zero-order valence-corrected chi connectivity index (χ0v) is 25.8. The van der Waals surface area contributed by atoms with E-state index in [0.717, 1.165) is 28.5 Å². The number of carbonyl (C=O) groups is 2. The zero-order chi connectivity index (χ0) is 31.2. The van der Waals surface area contributed by atoms with Crippen LogP contribution in [0.15, 0.2) is 84.0 Å². The number of carbonyl (C=O) groups excluding carboxylic acids is 2. The van der Waals surface area contributed by atoms with E-state index in [0.29, 0.717) is 45.0 Å².